The fourth-order valence-electron chi connectivity index (χ4n) is 2.62. The molecule has 0 spiro atoms. The van der Waals surface area contributed by atoms with E-state index in [1.807, 2.05) is 13.8 Å². The second-order valence-corrected chi connectivity index (χ2v) is 5.54. The molecule has 1 aliphatic rings. The van der Waals surface area contributed by atoms with Crippen molar-refractivity contribution >= 4 is 11.7 Å². The van der Waals surface area contributed by atoms with Crippen molar-refractivity contribution in [2.45, 2.75) is 32.3 Å². The van der Waals surface area contributed by atoms with E-state index in [1.54, 1.807) is 12.0 Å². The topological polar surface area (TPSA) is 54.5 Å². The summed E-state index contributed by atoms with van der Waals surface area (Å²) >= 11 is 0. The van der Waals surface area contributed by atoms with Gasteiger partial charge < -0.3 is 15.0 Å². The number of rotatable bonds is 4. The quantitative estimate of drug-likeness (QED) is 0.926. The molecule has 6 heteroatoms. The minimum Gasteiger partial charge on any atom is -0.377 e. The van der Waals surface area contributed by atoms with Gasteiger partial charge in [0.05, 0.1) is 11.2 Å². The molecule has 1 N–H and O–H groups in total. The molecule has 0 radical (unpaired) electrons. The summed E-state index contributed by atoms with van der Waals surface area (Å²) in [6.45, 7) is 5.47. The van der Waals surface area contributed by atoms with Crippen LogP contribution >= 0.6 is 0 Å². The molecular formula is C15H22FN3O2. The first-order valence-electron chi connectivity index (χ1n) is 7.23. The molecule has 1 fully saturated rings. The number of methoxy groups -OCH3 is 1. The molecule has 5 nitrogen and oxygen atoms in total. The molecule has 0 aromatic carbocycles. The molecule has 1 amide bonds. The molecule has 1 saturated heterocycles. The van der Waals surface area contributed by atoms with Gasteiger partial charge in [-0.25, -0.2) is 9.37 Å². The van der Waals surface area contributed by atoms with Gasteiger partial charge in [-0.15, -0.1) is 0 Å². The zero-order chi connectivity index (χ0) is 15.5. The largest absolute Gasteiger partial charge is 0.377 e. The molecule has 0 aliphatic carbocycles. The maximum atomic E-state index is 14.3. The highest BCUT2D eigenvalue weighted by molar-refractivity contribution is 5.95. The SMILES string of the molecule is CCNc1nccc(C(=O)N2CCCC(C)(OC)C2)c1F. The van der Waals surface area contributed by atoms with Crippen LogP contribution in [0, 0.1) is 5.82 Å². The van der Waals surface area contributed by atoms with Gasteiger partial charge in [0.2, 0.25) is 0 Å². The predicted octanol–water partition coefficient (Wildman–Crippen LogP) is 2.29. The lowest BCUT2D eigenvalue weighted by molar-refractivity contribution is -0.0441. The number of ether oxygens (including phenoxy) is 1. The lowest BCUT2D eigenvalue weighted by atomic mass is 9.94. The second-order valence-electron chi connectivity index (χ2n) is 5.54. The summed E-state index contributed by atoms with van der Waals surface area (Å²) in [7, 11) is 1.64. The number of likely N-dealkylation sites (tertiary alicyclic amines) is 1. The second kappa shape index (κ2) is 6.39. The summed E-state index contributed by atoms with van der Waals surface area (Å²) in [5.74, 6) is -0.777. The van der Waals surface area contributed by atoms with Crippen LogP contribution in [0.2, 0.25) is 0 Å². The van der Waals surface area contributed by atoms with Crippen LogP contribution in [0.3, 0.4) is 0 Å². The van der Waals surface area contributed by atoms with E-state index in [9.17, 15) is 9.18 Å². The fraction of sp³-hybridized carbons (Fsp3) is 0.600. The Balaban J connectivity index is 2.22. The van der Waals surface area contributed by atoms with Gasteiger partial charge in [-0.2, -0.15) is 0 Å². The van der Waals surface area contributed by atoms with Crippen LogP contribution in [0.4, 0.5) is 10.2 Å². The normalized spacial score (nSPS) is 22.2. The number of aromatic nitrogens is 1. The molecule has 2 rings (SSSR count). The first kappa shape index (κ1) is 15.7. The number of halogens is 1. The number of hydrogen-bond acceptors (Lipinski definition) is 4. The van der Waals surface area contributed by atoms with E-state index in [0.29, 0.717) is 19.6 Å². The van der Waals surface area contributed by atoms with Crippen molar-refractivity contribution < 1.29 is 13.9 Å². The van der Waals surface area contributed by atoms with Crippen LogP contribution in [-0.4, -0.2) is 48.1 Å². The third-order valence-electron chi connectivity index (χ3n) is 3.90. The Kier molecular flexibility index (Phi) is 4.77. The summed E-state index contributed by atoms with van der Waals surface area (Å²) in [5.41, 5.74) is -0.302. The van der Waals surface area contributed by atoms with Crippen LogP contribution < -0.4 is 5.32 Å². The highest BCUT2D eigenvalue weighted by Crippen LogP contribution is 2.26. The van der Waals surface area contributed by atoms with E-state index in [-0.39, 0.29) is 22.9 Å². The molecule has 1 aromatic heterocycles. The van der Waals surface area contributed by atoms with E-state index in [2.05, 4.69) is 10.3 Å². The Bertz CT molecular complexity index is 524. The summed E-state index contributed by atoms with van der Waals surface area (Å²) in [4.78, 5) is 18.1. The van der Waals surface area contributed by atoms with Gasteiger partial charge in [-0.1, -0.05) is 0 Å². The van der Waals surface area contributed by atoms with Crippen molar-refractivity contribution in [1.29, 1.82) is 0 Å². The number of amides is 1. The van der Waals surface area contributed by atoms with Gasteiger partial charge in [0.1, 0.15) is 0 Å². The Hall–Kier alpha value is -1.69. The van der Waals surface area contributed by atoms with Crippen LogP contribution in [-0.2, 0) is 4.74 Å². The lowest BCUT2D eigenvalue weighted by Gasteiger charge is -2.39. The van der Waals surface area contributed by atoms with Crippen LogP contribution in [0.5, 0.6) is 0 Å². The van der Waals surface area contributed by atoms with Crippen molar-refractivity contribution in [3.05, 3.63) is 23.6 Å². The molecular weight excluding hydrogens is 273 g/mol. The van der Waals surface area contributed by atoms with Gasteiger partial charge >= 0.3 is 0 Å². The number of anilines is 1. The third-order valence-corrected chi connectivity index (χ3v) is 3.90. The zero-order valence-corrected chi connectivity index (χ0v) is 12.8. The van der Waals surface area contributed by atoms with Crippen molar-refractivity contribution in [1.82, 2.24) is 9.88 Å². The molecule has 2 heterocycles. The first-order chi connectivity index (χ1) is 10.0. The average molecular weight is 295 g/mol. The Morgan fingerprint density at radius 2 is 2.38 bits per heavy atom. The Labute approximate surface area is 124 Å². The smallest absolute Gasteiger partial charge is 0.257 e. The van der Waals surface area contributed by atoms with E-state index in [1.165, 1.54) is 12.3 Å². The van der Waals surface area contributed by atoms with E-state index in [4.69, 9.17) is 4.74 Å². The number of piperidine rings is 1. The minimum atomic E-state index is -0.589. The number of hydrogen-bond donors (Lipinski definition) is 1. The molecule has 116 valence electrons. The zero-order valence-electron chi connectivity index (χ0n) is 12.8. The highest BCUT2D eigenvalue weighted by Gasteiger charge is 2.34. The van der Waals surface area contributed by atoms with Gasteiger partial charge in [-0.05, 0) is 32.8 Å². The van der Waals surface area contributed by atoms with Crippen molar-refractivity contribution in [3.8, 4) is 0 Å². The predicted molar refractivity (Wildman–Crippen MR) is 78.9 cm³/mol. The molecule has 0 bridgehead atoms. The fourth-order valence-corrected chi connectivity index (χ4v) is 2.62. The maximum absolute atomic E-state index is 14.3. The summed E-state index contributed by atoms with van der Waals surface area (Å²) in [5, 5.41) is 2.82. The minimum absolute atomic E-state index is 0.0568. The van der Waals surface area contributed by atoms with E-state index >= 15 is 0 Å². The van der Waals surface area contributed by atoms with E-state index < -0.39 is 5.82 Å². The van der Waals surface area contributed by atoms with Crippen molar-refractivity contribution in [2.24, 2.45) is 0 Å². The highest BCUT2D eigenvalue weighted by atomic mass is 19.1. The van der Waals surface area contributed by atoms with Crippen molar-refractivity contribution in [3.63, 3.8) is 0 Å². The maximum Gasteiger partial charge on any atom is 0.257 e. The first-order valence-corrected chi connectivity index (χ1v) is 7.23. The molecule has 1 aromatic rings. The van der Waals surface area contributed by atoms with Gasteiger partial charge in [0, 0.05) is 32.9 Å². The molecule has 1 unspecified atom stereocenters. The number of carbonyl (C=O) groups is 1. The standard InChI is InChI=1S/C15H22FN3O2/c1-4-17-13-12(16)11(6-8-18-13)14(20)19-9-5-7-15(2,10-19)21-3/h6,8H,4-5,7,9-10H2,1-3H3,(H,17,18). The Morgan fingerprint density at radius 1 is 1.62 bits per heavy atom. The summed E-state index contributed by atoms with van der Waals surface area (Å²) < 4.78 is 19.8. The van der Waals surface area contributed by atoms with Crippen LogP contribution in [0.15, 0.2) is 12.3 Å². The number of carbonyl (C=O) groups excluding carboxylic acids is 1. The van der Waals surface area contributed by atoms with Gasteiger partial charge in [0.25, 0.3) is 5.91 Å². The molecule has 21 heavy (non-hydrogen) atoms. The third kappa shape index (κ3) is 3.32. The summed E-state index contributed by atoms with van der Waals surface area (Å²) in [6.07, 6.45) is 3.20. The Morgan fingerprint density at radius 3 is 3.05 bits per heavy atom. The van der Waals surface area contributed by atoms with Crippen LogP contribution in [0.25, 0.3) is 0 Å². The number of nitrogens with zero attached hydrogens (tertiary/aromatic N) is 2. The monoisotopic (exact) mass is 295 g/mol. The molecule has 1 atom stereocenters. The lowest BCUT2D eigenvalue weighted by Crippen LogP contribution is -2.49. The van der Waals surface area contributed by atoms with Crippen molar-refractivity contribution in [2.75, 3.05) is 32.1 Å². The molecule has 0 saturated carbocycles. The number of nitrogens with one attached hydrogen (secondary N) is 1. The van der Waals surface area contributed by atoms with Gasteiger partial charge in [0.15, 0.2) is 11.6 Å². The average Bonchev–Trinajstić information content (AvgIpc) is 2.49. The van der Waals surface area contributed by atoms with Gasteiger partial charge in [-0.3, -0.25) is 4.79 Å². The molecule has 1 aliphatic heterocycles. The summed E-state index contributed by atoms with van der Waals surface area (Å²) in [6, 6.07) is 1.43. The number of pyridine rings is 1. The van der Waals surface area contributed by atoms with E-state index in [0.717, 1.165) is 12.8 Å². The van der Waals surface area contributed by atoms with Crippen LogP contribution in [0.1, 0.15) is 37.0 Å².